The largest absolute Gasteiger partial charge is 0.299 e. The van der Waals surface area contributed by atoms with E-state index in [1.165, 1.54) is 70.6 Å². The third-order valence-corrected chi connectivity index (χ3v) is 7.67. The molecule has 2 atom stereocenters. The highest BCUT2D eigenvalue weighted by atomic mass is 16.1. The average molecular weight is 288 g/mol. The van der Waals surface area contributed by atoms with Crippen LogP contribution in [-0.4, -0.2) is 5.78 Å². The van der Waals surface area contributed by atoms with E-state index in [4.69, 9.17) is 0 Å². The zero-order chi connectivity index (χ0) is 14.7. The Kier molecular flexibility index (Phi) is 3.28. The second-order valence-electron chi connectivity index (χ2n) is 9.54. The molecule has 5 fully saturated rings. The predicted molar refractivity (Wildman–Crippen MR) is 86.0 cm³/mol. The van der Waals surface area contributed by atoms with E-state index in [-0.39, 0.29) is 5.41 Å². The molecular weight excluding hydrogens is 256 g/mol. The first-order chi connectivity index (χ1) is 10.0. The molecule has 5 rings (SSSR count). The van der Waals surface area contributed by atoms with Crippen LogP contribution in [0, 0.1) is 34.5 Å². The lowest BCUT2D eigenvalue weighted by Gasteiger charge is -2.61. The molecule has 0 aromatic rings. The molecule has 0 saturated heterocycles. The van der Waals surface area contributed by atoms with Gasteiger partial charge in [-0.15, -0.1) is 0 Å². The molecule has 5 aliphatic rings. The normalized spacial score (nSPS) is 52.1. The summed E-state index contributed by atoms with van der Waals surface area (Å²) in [6.07, 6.45) is 14.4. The topological polar surface area (TPSA) is 17.1 Å². The van der Waals surface area contributed by atoms with E-state index in [0.29, 0.717) is 11.3 Å². The monoisotopic (exact) mass is 288 g/mol. The van der Waals surface area contributed by atoms with Gasteiger partial charge in [-0.1, -0.05) is 20.3 Å². The van der Waals surface area contributed by atoms with Crippen LogP contribution in [-0.2, 0) is 4.79 Å². The van der Waals surface area contributed by atoms with Crippen molar-refractivity contribution in [3.8, 4) is 0 Å². The highest BCUT2D eigenvalue weighted by molar-refractivity contribution is 5.87. The molecule has 0 aromatic carbocycles. The van der Waals surface area contributed by atoms with Crippen LogP contribution in [0.2, 0.25) is 0 Å². The van der Waals surface area contributed by atoms with Gasteiger partial charge in [0.2, 0.25) is 0 Å². The smallest absolute Gasteiger partial charge is 0.142 e. The first-order valence-electron chi connectivity index (χ1n) is 9.56. The highest BCUT2D eigenvalue weighted by Gasteiger charge is 2.59. The molecule has 0 amide bonds. The third-order valence-electron chi connectivity index (χ3n) is 7.67. The molecule has 21 heavy (non-hydrogen) atoms. The Balaban J connectivity index is 1.52. The maximum Gasteiger partial charge on any atom is 0.142 e. The minimum absolute atomic E-state index is 0.128. The van der Waals surface area contributed by atoms with E-state index >= 15 is 0 Å². The van der Waals surface area contributed by atoms with Crippen LogP contribution >= 0.6 is 0 Å². The molecule has 0 radical (unpaired) electrons. The van der Waals surface area contributed by atoms with Crippen molar-refractivity contribution >= 4 is 5.78 Å². The van der Waals surface area contributed by atoms with Crippen molar-refractivity contribution < 1.29 is 4.79 Å². The second-order valence-corrected chi connectivity index (χ2v) is 9.54. The molecule has 0 N–H and O–H groups in total. The van der Waals surface area contributed by atoms with Crippen molar-refractivity contribution in [3.05, 3.63) is 0 Å². The number of ketones is 1. The summed E-state index contributed by atoms with van der Waals surface area (Å²) in [5.41, 5.74) is 0.642. The summed E-state index contributed by atoms with van der Waals surface area (Å²) in [5, 5.41) is 0. The van der Waals surface area contributed by atoms with E-state index in [0.717, 1.165) is 23.5 Å². The molecule has 0 aliphatic heterocycles. The average Bonchev–Trinajstić information content (AvgIpc) is 2.44. The van der Waals surface area contributed by atoms with Crippen LogP contribution in [0.3, 0.4) is 0 Å². The number of Topliss-reactive ketones (excluding diaryl/α,β-unsaturated/α-hetero) is 1. The van der Waals surface area contributed by atoms with Gasteiger partial charge in [0.25, 0.3) is 0 Å². The van der Waals surface area contributed by atoms with Gasteiger partial charge in [0.05, 0.1) is 0 Å². The lowest BCUT2D eigenvalue weighted by atomic mass is 9.43. The Labute approximate surface area is 130 Å². The molecule has 1 nitrogen and oxygen atoms in total. The zero-order valence-corrected chi connectivity index (χ0v) is 14.0. The number of carbonyl (C=O) groups excluding carboxylic acids is 1. The molecule has 118 valence electrons. The number of carbonyl (C=O) groups is 1. The van der Waals surface area contributed by atoms with Crippen LogP contribution in [0.25, 0.3) is 0 Å². The van der Waals surface area contributed by atoms with Crippen LogP contribution in [0.15, 0.2) is 0 Å². The van der Waals surface area contributed by atoms with E-state index in [1.54, 1.807) is 0 Å². The number of hydrogen-bond donors (Lipinski definition) is 0. The first kappa shape index (κ1) is 14.3. The summed E-state index contributed by atoms with van der Waals surface area (Å²) in [6.45, 7) is 4.80. The van der Waals surface area contributed by atoms with Crippen molar-refractivity contribution in [3.63, 3.8) is 0 Å². The fourth-order valence-corrected chi connectivity index (χ4v) is 7.27. The van der Waals surface area contributed by atoms with Gasteiger partial charge in [-0.3, -0.25) is 4.79 Å². The van der Waals surface area contributed by atoms with Crippen molar-refractivity contribution in [2.24, 2.45) is 34.5 Å². The first-order valence-corrected chi connectivity index (χ1v) is 9.56. The number of hydrogen-bond acceptors (Lipinski definition) is 1. The van der Waals surface area contributed by atoms with E-state index in [2.05, 4.69) is 13.8 Å². The second kappa shape index (κ2) is 4.83. The molecular formula is C20H32O. The van der Waals surface area contributed by atoms with Crippen molar-refractivity contribution in [2.75, 3.05) is 0 Å². The summed E-state index contributed by atoms with van der Waals surface area (Å²) >= 11 is 0. The van der Waals surface area contributed by atoms with Crippen molar-refractivity contribution in [1.82, 2.24) is 0 Å². The quantitative estimate of drug-likeness (QED) is 0.681. The molecule has 5 saturated carbocycles. The summed E-state index contributed by atoms with van der Waals surface area (Å²) in [4.78, 5) is 13.4. The van der Waals surface area contributed by atoms with Crippen LogP contribution in [0.1, 0.15) is 84.5 Å². The third kappa shape index (κ3) is 2.30. The molecule has 0 aromatic heterocycles. The van der Waals surface area contributed by atoms with Gasteiger partial charge in [0, 0.05) is 11.3 Å². The lowest BCUT2D eigenvalue weighted by molar-refractivity contribution is -0.158. The number of rotatable bonds is 3. The lowest BCUT2D eigenvalue weighted by Crippen LogP contribution is -2.55. The minimum atomic E-state index is 0.128. The van der Waals surface area contributed by atoms with Gasteiger partial charge in [-0.25, -0.2) is 0 Å². The van der Waals surface area contributed by atoms with Gasteiger partial charge >= 0.3 is 0 Å². The Bertz CT molecular complexity index is 415. The van der Waals surface area contributed by atoms with Crippen LogP contribution in [0.4, 0.5) is 0 Å². The maximum absolute atomic E-state index is 13.4. The standard InChI is InChI=1S/C20H32O/c1-3-14-4-6-17(7-5-14)18(21)20-11-15-8-16(12-20)10-19(2,9-15)13-20/h14-17H,3-13H2,1-2H3. The predicted octanol–water partition coefficient (Wildman–Crippen LogP) is 5.38. The summed E-state index contributed by atoms with van der Waals surface area (Å²) in [7, 11) is 0. The Hall–Kier alpha value is -0.330. The van der Waals surface area contributed by atoms with Gasteiger partial charge in [0.1, 0.15) is 5.78 Å². The Morgan fingerprint density at radius 2 is 1.62 bits per heavy atom. The fraction of sp³-hybridized carbons (Fsp3) is 0.950. The van der Waals surface area contributed by atoms with Gasteiger partial charge in [-0.2, -0.15) is 0 Å². The zero-order valence-electron chi connectivity index (χ0n) is 14.0. The summed E-state index contributed by atoms with van der Waals surface area (Å²) < 4.78 is 0. The van der Waals surface area contributed by atoms with Gasteiger partial charge < -0.3 is 0 Å². The van der Waals surface area contributed by atoms with Crippen molar-refractivity contribution in [2.45, 2.75) is 84.5 Å². The Morgan fingerprint density at radius 3 is 2.14 bits per heavy atom. The van der Waals surface area contributed by atoms with E-state index < -0.39 is 0 Å². The molecule has 4 bridgehead atoms. The molecule has 5 aliphatic carbocycles. The van der Waals surface area contributed by atoms with Crippen molar-refractivity contribution in [1.29, 1.82) is 0 Å². The molecule has 2 unspecified atom stereocenters. The SMILES string of the molecule is CCC1CCC(C(=O)C23CC4CC(CC(C)(C4)C2)C3)CC1. The fourth-order valence-electron chi connectivity index (χ4n) is 7.27. The van der Waals surface area contributed by atoms with Gasteiger partial charge in [0.15, 0.2) is 0 Å². The minimum Gasteiger partial charge on any atom is -0.299 e. The van der Waals surface area contributed by atoms with Gasteiger partial charge in [-0.05, 0) is 87.4 Å². The summed E-state index contributed by atoms with van der Waals surface area (Å²) in [6, 6.07) is 0. The molecule has 0 spiro atoms. The summed E-state index contributed by atoms with van der Waals surface area (Å²) in [5.74, 6) is 3.81. The van der Waals surface area contributed by atoms with Crippen LogP contribution < -0.4 is 0 Å². The highest BCUT2D eigenvalue weighted by Crippen LogP contribution is 2.66. The maximum atomic E-state index is 13.4. The van der Waals surface area contributed by atoms with E-state index in [1.807, 2.05) is 0 Å². The molecule has 1 heteroatoms. The Morgan fingerprint density at radius 1 is 1.00 bits per heavy atom. The molecule has 0 heterocycles. The van der Waals surface area contributed by atoms with E-state index in [9.17, 15) is 4.79 Å². The van der Waals surface area contributed by atoms with Crippen LogP contribution in [0.5, 0.6) is 0 Å².